The van der Waals surface area contributed by atoms with Crippen molar-refractivity contribution in [2.75, 3.05) is 5.32 Å². The molecular formula is C13H11N3S. The Hall–Kier alpha value is -1.94. The van der Waals surface area contributed by atoms with Crippen molar-refractivity contribution in [2.24, 2.45) is 0 Å². The number of hydrogen-bond acceptors (Lipinski definition) is 4. The first-order valence-electron chi connectivity index (χ1n) is 5.36. The molecule has 2 aromatic heterocycles. The predicted octanol–water partition coefficient (Wildman–Crippen LogP) is 3.74. The highest BCUT2D eigenvalue weighted by molar-refractivity contribution is 7.13. The van der Waals surface area contributed by atoms with Crippen LogP contribution in [0.15, 0.2) is 41.9 Å². The number of nitrogens with one attached hydrogen (secondary N) is 1. The summed E-state index contributed by atoms with van der Waals surface area (Å²) in [5.41, 5.74) is 3.08. The monoisotopic (exact) mass is 241 g/mol. The Kier molecular flexibility index (Phi) is 2.49. The number of pyridine rings is 1. The molecule has 0 aliphatic rings. The molecule has 0 fully saturated rings. The van der Waals surface area contributed by atoms with Crippen molar-refractivity contribution in [2.45, 2.75) is 6.92 Å². The van der Waals surface area contributed by atoms with Crippen molar-refractivity contribution in [1.29, 1.82) is 0 Å². The Morgan fingerprint density at radius 3 is 2.94 bits per heavy atom. The van der Waals surface area contributed by atoms with Gasteiger partial charge in [-0.15, -0.1) is 11.3 Å². The van der Waals surface area contributed by atoms with E-state index < -0.39 is 0 Å². The lowest BCUT2D eigenvalue weighted by Crippen LogP contribution is -1.91. The van der Waals surface area contributed by atoms with Gasteiger partial charge in [0, 0.05) is 22.7 Å². The number of aromatic nitrogens is 2. The zero-order chi connectivity index (χ0) is 11.7. The van der Waals surface area contributed by atoms with Crippen LogP contribution in [0, 0.1) is 6.92 Å². The number of fused-ring (bicyclic) bond motifs is 1. The number of thiazole rings is 1. The van der Waals surface area contributed by atoms with Crippen LogP contribution < -0.4 is 5.32 Å². The second-order valence-electron chi connectivity index (χ2n) is 3.79. The Labute approximate surface area is 103 Å². The molecule has 0 amide bonds. The Morgan fingerprint density at radius 1 is 1.18 bits per heavy atom. The predicted molar refractivity (Wildman–Crippen MR) is 71.9 cm³/mol. The maximum absolute atomic E-state index is 4.40. The zero-order valence-corrected chi connectivity index (χ0v) is 10.2. The number of benzene rings is 1. The fraction of sp³-hybridized carbons (Fsp3) is 0.0769. The molecular weight excluding hydrogens is 230 g/mol. The van der Waals surface area contributed by atoms with Crippen LogP contribution in [-0.4, -0.2) is 9.97 Å². The Balaban J connectivity index is 2.05. The highest BCUT2D eigenvalue weighted by Gasteiger charge is 2.03. The van der Waals surface area contributed by atoms with Gasteiger partial charge in [0.15, 0.2) is 5.13 Å². The summed E-state index contributed by atoms with van der Waals surface area (Å²) in [6, 6.07) is 10.1. The van der Waals surface area contributed by atoms with Gasteiger partial charge < -0.3 is 5.32 Å². The zero-order valence-electron chi connectivity index (χ0n) is 9.34. The van der Waals surface area contributed by atoms with Gasteiger partial charge in [-0.25, -0.2) is 4.98 Å². The van der Waals surface area contributed by atoms with E-state index in [0.717, 1.165) is 27.4 Å². The van der Waals surface area contributed by atoms with Crippen molar-refractivity contribution in [1.82, 2.24) is 9.97 Å². The van der Waals surface area contributed by atoms with Crippen LogP contribution in [0.25, 0.3) is 10.9 Å². The van der Waals surface area contributed by atoms with Gasteiger partial charge in [0.2, 0.25) is 0 Å². The summed E-state index contributed by atoms with van der Waals surface area (Å²) in [7, 11) is 0. The van der Waals surface area contributed by atoms with E-state index in [2.05, 4.69) is 21.4 Å². The third-order valence-electron chi connectivity index (χ3n) is 2.51. The molecule has 0 aliphatic carbocycles. The highest BCUT2D eigenvalue weighted by Crippen LogP contribution is 2.26. The highest BCUT2D eigenvalue weighted by atomic mass is 32.1. The Morgan fingerprint density at radius 2 is 2.12 bits per heavy atom. The molecule has 0 bridgehead atoms. The fourth-order valence-electron chi connectivity index (χ4n) is 1.74. The first kappa shape index (κ1) is 10.2. The van der Waals surface area contributed by atoms with E-state index in [1.807, 2.05) is 36.6 Å². The lowest BCUT2D eigenvalue weighted by atomic mass is 10.2. The van der Waals surface area contributed by atoms with Gasteiger partial charge in [-0.05, 0) is 31.2 Å². The SMILES string of the molecule is Cc1csc(Nc2cccc3ncccc23)n1. The van der Waals surface area contributed by atoms with Gasteiger partial charge in [0.1, 0.15) is 0 Å². The summed E-state index contributed by atoms with van der Waals surface area (Å²) in [6.07, 6.45) is 1.81. The molecule has 0 unspecified atom stereocenters. The molecule has 0 spiro atoms. The van der Waals surface area contributed by atoms with E-state index in [0.29, 0.717) is 0 Å². The van der Waals surface area contributed by atoms with Crippen LogP contribution >= 0.6 is 11.3 Å². The summed E-state index contributed by atoms with van der Waals surface area (Å²) in [6.45, 7) is 1.99. The van der Waals surface area contributed by atoms with Gasteiger partial charge in [0.25, 0.3) is 0 Å². The van der Waals surface area contributed by atoms with Crippen LogP contribution in [0.3, 0.4) is 0 Å². The Bertz CT molecular complexity index is 655. The first-order chi connectivity index (χ1) is 8.33. The average Bonchev–Trinajstić information content (AvgIpc) is 2.75. The van der Waals surface area contributed by atoms with E-state index in [1.54, 1.807) is 17.5 Å². The van der Waals surface area contributed by atoms with E-state index in [9.17, 15) is 0 Å². The van der Waals surface area contributed by atoms with Crippen molar-refractivity contribution >= 4 is 33.1 Å². The molecule has 0 radical (unpaired) electrons. The summed E-state index contributed by atoms with van der Waals surface area (Å²) in [4.78, 5) is 8.73. The molecule has 0 atom stereocenters. The summed E-state index contributed by atoms with van der Waals surface area (Å²) in [5, 5.41) is 7.40. The van der Waals surface area contributed by atoms with E-state index in [4.69, 9.17) is 0 Å². The molecule has 0 saturated carbocycles. The van der Waals surface area contributed by atoms with E-state index >= 15 is 0 Å². The number of hydrogen-bond donors (Lipinski definition) is 1. The smallest absolute Gasteiger partial charge is 0.187 e. The van der Waals surface area contributed by atoms with Crippen LogP contribution in [0.2, 0.25) is 0 Å². The summed E-state index contributed by atoms with van der Waals surface area (Å²) >= 11 is 1.61. The van der Waals surface area contributed by atoms with Crippen LogP contribution in [-0.2, 0) is 0 Å². The fourth-order valence-corrected chi connectivity index (χ4v) is 2.44. The molecule has 1 N–H and O–H groups in total. The van der Waals surface area contributed by atoms with Gasteiger partial charge in [0.05, 0.1) is 11.2 Å². The van der Waals surface area contributed by atoms with Crippen LogP contribution in [0.4, 0.5) is 10.8 Å². The first-order valence-corrected chi connectivity index (χ1v) is 6.24. The minimum atomic E-state index is 0.916. The number of nitrogens with zero attached hydrogens (tertiary/aromatic N) is 2. The molecule has 3 aromatic rings. The van der Waals surface area contributed by atoms with Crippen molar-refractivity contribution < 1.29 is 0 Å². The van der Waals surface area contributed by atoms with Gasteiger partial charge >= 0.3 is 0 Å². The maximum Gasteiger partial charge on any atom is 0.187 e. The third-order valence-corrected chi connectivity index (χ3v) is 3.38. The van der Waals surface area contributed by atoms with E-state index in [-0.39, 0.29) is 0 Å². The largest absolute Gasteiger partial charge is 0.331 e. The topological polar surface area (TPSA) is 37.8 Å². The minimum Gasteiger partial charge on any atom is -0.331 e. The quantitative estimate of drug-likeness (QED) is 0.742. The maximum atomic E-state index is 4.40. The van der Waals surface area contributed by atoms with Gasteiger partial charge in [-0.3, -0.25) is 4.98 Å². The van der Waals surface area contributed by atoms with E-state index in [1.165, 1.54) is 0 Å². The summed E-state index contributed by atoms with van der Waals surface area (Å²) < 4.78 is 0. The molecule has 2 heterocycles. The lowest BCUT2D eigenvalue weighted by Gasteiger charge is -2.06. The lowest BCUT2D eigenvalue weighted by molar-refractivity contribution is 1.26. The molecule has 3 rings (SSSR count). The second kappa shape index (κ2) is 4.14. The van der Waals surface area contributed by atoms with Crippen molar-refractivity contribution in [3.05, 3.63) is 47.6 Å². The second-order valence-corrected chi connectivity index (χ2v) is 4.65. The summed E-state index contributed by atoms with van der Waals surface area (Å²) in [5.74, 6) is 0. The molecule has 0 aliphatic heterocycles. The minimum absolute atomic E-state index is 0.916. The number of aryl methyl sites for hydroxylation is 1. The van der Waals surface area contributed by atoms with Gasteiger partial charge in [-0.2, -0.15) is 0 Å². The van der Waals surface area contributed by atoms with Crippen LogP contribution in [0.5, 0.6) is 0 Å². The third kappa shape index (κ3) is 1.99. The molecule has 17 heavy (non-hydrogen) atoms. The normalized spacial score (nSPS) is 10.6. The molecule has 0 saturated heterocycles. The van der Waals surface area contributed by atoms with Gasteiger partial charge in [-0.1, -0.05) is 6.07 Å². The molecule has 4 heteroatoms. The van der Waals surface area contributed by atoms with Crippen LogP contribution in [0.1, 0.15) is 5.69 Å². The number of rotatable bonds is 2. The van der Waals surface area contributed by atoms with Crippen molar-refractivity contribution in [3.63, 3.8) is 0 Å². The standard InChI is InChI=1S/C13H11N3S/c1-9-8-17-13(15-9)16-12-6-2-5-11-10(12)4-3-7-14-11/h2-8H,1H3,(H,15,16). The average molecular weight is 241 g/mol. The molecule has 3 nitrogen and oxygen atoms in total. The number of anilines is 2. The molecule has 1 aromatic carbocycles. The molecule has 84 valence electrons. The van der Waals surface area contributed by atoms with Crippen molar-refractivity contribution in [3.8, 4) is 0 Å².